The van der Waals surface area contributed by atoms with Crippen LogP contribution >= 0.6 is 0 Å². The third kappa shape index (κ3) is 9.82. The molecule has 6 saturated heterocycles. The van der Waals surface area contributed by atoms with E-state index in [9.17, 15) is 19.5 Å². The van der Waals surface area contributed by atoms with Crippen LogP contribution in [0.1, 0.15) is 89.2 Å². The number of phenolic OH excluding ortho intramolecular Hbond substituents is 1. The number of hydrogen-bond donors (Lipinski definition) is 3. The van der Waals surface area contributed by atoms with E-state index in [1.165, 1.54) is 57.3 Å². The number of rotatable bonds is 13. The van der Waals surface area contributed by atoms with Crippen molar-refractivity contribution in [2.24, 2.45) is 24.8 Å². The molecular weight excluding hydrogens is 957 g/mol. The van der Waals surface area contributed by atoms with Gasteiger partial charge in [-0.05, 0) is 167 Å². The van der Waals surface area contributed by atoms with Crippen molar-refractivity contribution < 1.29 is 28.2 Å². The number of likely N-dealkylation sites (tertiary alicyclic amines) is 2. The molecule has 9 heterocycles. The van der Waals surface area contributed by atoms with Gasteiger partial charge in [-0.2, -0.15) is 9.97 Å². The second-order valence-corrected chi connectivity index (χ2v) is 22.4. The number of piperazine rings is 1. The Bertz CT molecular complexity index is 3200. The molecule has 6 fully saturated rings. The van der Waals surface area contributed by atoms with Crippen molar-refractivity contribution in [2.75, 3.05) is 81.9 Å². The second-order valence-electron chi connectivity index (χ2n) is 22.4. The van der Waals surface area contributed by atoms with Gasteiger partial charge in [-0.25, -0.2) is 13.6 Å². The third-order valence-corrected chi connectivity index (χ3v) is 17.7. The molecule has 2 bridgehead atoms. The van der Waals surface area contributed by atoms with E-state index in [2.05, 4.69) is 47.3 Å². The molecule has 6 aromatic rings. The molecule has 0 spiro atoms. The molecule has 3 N–H and O–H groups in total. The Kier molecular flexibility index (Phi) is 13.7. The van der Waals surface area contributed by atoms with E-state index in [-0.39, 0.29) is 46.8 Å². The van der Waals surface area contributed by atoms with E-state index in [0.717, 1.165) is 107 Å². The molecule has 3 unspecified atom stereocenters. The molecule has 3 aromatic carbocycles. The van der Waals surface area contributed by atoms with Gasteiger partial charge < -0.3 is 29.9 Å². The summed E-state index contributed by atoms with van der Waals surface area (Å²) in [6.45, 7) is 11.9. The van der Waals surface area contributed by atoms with Crippen LogP contribution in [0.3, 0.4) is 0 Å². The van der Waals surface area contributed by atoms with Crippen LogP contribution in [0.4, 0.5) is 20.3 Å². The van der Waals surface area contributed by atoms with E-state index < -0.39 is 17.8 Å². The molecule has 75 heavy (non-hydrogen) atoms. The van der Waals surface area contributed by atoms with Crippen LogP contribution in [0.5, 0.6) is 11.8 Å². The molecule has 18 heteroatoms. The lowest BCUT2D eigenvalue weighted by molar-refractivity contribution is -0.135. The molecule has 0 saturated carbocycles. The van der Waals surface area contributed by atoms with Gasteiger partial charge in [-0.15, -0.1) is 0 Å². The fourth-order valence-electron chi connectivity index (χ4n) is 13.6. The second kappa shape index (κ2) is 20.7. The summed E-state index contributed by atoms with van der Waals surface area (Å²) in [5.41, 5.74) is 3.21. The van der Waals surface area contributed by atoms with Gasteiger partial charge >= 0.3 is 11.7 Å². The Labute approximate surface area is 435 Å². The number of anilines is 2. The Morgan fingerprint density at radius 3 is 2.23 bits per heavy atom. The fraction of sp³-hybridized carbons (Fsp3) is 0.544. The molecule has 6 aliphatic rings. The van der Waals surface area contributed by atoms with Gasteiger partial charge in [0.25, 0.3) is 0 Å². The number of nitrogens with one attached hydrogen (secondary N) is 2. The number of halogens is 2. The van der Waals surface area contributed by atoms with Crippen LogP contribution in [0.25, 0.3) is 44.0 Å². The number of fused-ring (bicyclic) bond motifs is 5. The first-order valence-corrected chi connectivity index (χ1v) is 27.6. The summed E-state index contributed by atoms with van der Waals surface area (Å²) in [5, 5.41) is 18.4. The first kappa shape index (κ1) is 49.6. The minimum Gasteiger partial charge on any atom is -0.508 e. The molecule has 396 valence electrons. The van der Waals surface area contributed by atoms with Crippen LogP contribution < -0.4 is 30.9 Å². The highest BCUT2D eigenvalue weighted by Crippen LogP contribution is 2.40. The average molecular weight is 1030 g/mol. The van der Waals surface area contributed by atoms with Crippen LogP contribution in [0, 0.1) is 29.4 Å². The third-order valence-electron chi connectivity index (χ3n) is 17.7. The van der Waals surface area contributed by atoms with Crippen LogP contribution in [-0.2, 0) is 23.1 Å². The number of phenols is 1. The molecular formula is C57H69F2N11O5. The SMILES string of the molecule is CCc1c(F)ccc2cc(O)cc(-c3ncc4c(N5CC6CCC(C5)N6)nc(OCCN5CCC(CC6CCN(CC7CCN(c8ccc9c(c8)n(C)c(=O)n9C8CCC(=O)NC8=O)CC7)CC6)CC5)nc4c3F)c12. The molecule has 16 nitrogen and oxygen atoms in total. The van der Waals surface area contributed by atoms with Gasteiger partial charge in [-0.1, -0.05) is 13.0 Å². The average Bonchev–Trinajstić information content (AvgIpc) is 3.89. The van der Waals surface area contributed by atoms with Crippen molar-refractivity contribution in [3.8, 4) is 23.0 Å². The van der Waals surface area contributed by atoms with Crippen LogP contribution in [0.15, 0.2) is 53.5 Å². The van der Waals surface area contributed by atoms with Crippen molar-refractivity contribution in [1.29, 1.82) is 0 Å². The van der Waals surface area contributed by atoms with E-state index in [0.29, 0.717) is 70.6 Å². The number of carbonyl (C=O) groups excluding carboxylic acids is 2. The zero-order chi connectivity index (χ0) is 51.5. The van der Waals surface area contributed by atoms with Gasteiger partial charge in [0.15, 0.2) is 5.82 Å². The molecule has 6 aliphatic heterocycles. The number of aryl methyl sites for hydroxylation is 2. The molecule has 12 rings (SSSR count). The van der Waals surface area contributed by atoms with Crippen molar-refractivity contribution in [3.05, 3.63) is 76.3 Å². The standard InChI is InChI=1S/C57H69F2N11O5/c1-3-42-45(58)8-4-37-27-41(71)29-43(50(37)42)52-51(59)53-44(30-60-52)54(69-32-38-5-6-39(33-69)61-38)64-56(63-53)75-25-24-66-18-12-34(13-19-66)26-35-14-20-67(21-15-35)31-36-16-22-68(23-17-36)40-7-9-46-48(28-40)65(2)57(74)70(46)47-10-11-49(72)62-55(47)73/h4,7-9,27-30,34-36,38-39,47,61,71H,3,5-6,10-26,31-33H2,1-2H3,(H,62,72,73). The van der Waals surface area contributed by atoms with Crippen LogP contribution in [0.2, 0.25) is 0 Å². The maximum Gasteiger partial charge on any atom is 0.329 e. The van der Waals surface area contributed by atoms with Gasteiger partial charge in [0, 0.05) is 82.3 Å². The summed E-state index contributed by atoms with van der Waals surface area (Å²) in [7, 11) is 1.75. The van der Waals surface area contributed by atoms with E-state index >= 15 is 8.78 Å². The largest absolute Gasteiger partial charge is 0.508 e. The predicted octanol–water partition coefficient (Wildman–Crippen LogP) is 7.07. The zero-order valence-electron chi connectivity index (χ0n) is 43.2. The highest BCUT2D eigenvalue weighted by Gasteiger charge is 2.36. The summed E-state index contributed by atoms with van der Waals surface area (Å²) in [5.74, 6) is 0.939. The molecule has 2 amide bonds. The van der Waals surface area contributed by atoms with Gasteiger partial charge in [0.2, 0.25) is 11.8 Å². The Morgan fingerprint density at radius 1 is 0.787 bits per heavy atom. The Balaban J connectivity index is 0.624. The highest BCUT2D eigenvalue weighted by molar-refractivity contribution is 6.02. The summed E-state index contributed by atoms with van der Waals surface area (Å²) < 4.78 is 41.7. The Hall–Kier alpha value is -6.24. The highest BCUT2D eigenvalue weighted by atomic mass is 19.1. The summed E-state index contributed by atoms with van der Waals surface area (Å²) in [4.78, 5) is 61.8. The topological polar surface area (TPSA) is 166 Å². The number of amides is 2. The molecule has 0 aliphatic carbocycles. The first-order valence-electron chi connectivity index (χ1n) is 27.6. The number of imidazole rings is 1. The summed E-state index contributed by atoms with van der Waals surface area (Å²) >= 11 is 0. The van der Waals surface area contributed by atoms with E-state index in [4.69, 9.17) is 14.7 Å². The minimum absolute atomic E-state index is 0.00594. The number of piperidine rings is 4. The number of benzene rings is 3. The van der Waals surface area contributed by atoms with Crippen LogP contribution in [-0.4, -0.2) is 135 Å². The number of ether oxygens (including phenoxy) is 1. The van der Waals surface area contributed by atoms with Crippen molar-refractivity contribution in [3.63, 3.8) is 0 Å². The summed E-state index contributed by atoms with van der Waals surface area (Å²) in [6.07, 6.45) is 13.1. The lowest BCUT2D eigenvalue weighted by Gasteiger charge is -2.39. The molecule has 3 atom stereocenters. The minimum atomic E-state index is -0.686. The van der Waals surface area contributed by atoms with Gasteiger partial charge in [-0.3, -0.25) is 33.9 Å². The van der Waals surface area contributed by atoms with Gasteiger partial charge in [0.1, 0.15) is 41.2 Å². The summed E-state index contributed by atoms with van der Waals surface area (Å²) in [6, 6.07) is 12.2. The fourth-order valence-corrected chi connectivity index (χ4v) is 13.6. The number of carbonyl (C=O) groups is 2. The predicted molar refractivity (Wildman–Crippen MR) is 285 cm³/mol. The normalized spacial score (nSPS) is 22.8. The number of pyridine rings is 1. The van der Waals surface area contributed by atoms with E-state index in [1.54, 1.807) is 34.5 Å². The Morgan fingerprint density at radius 2 is 1.51 bits per heavy atom. The first-order chi connectivity index (χ1) is 36.4. The molecule has 3 aromatic heterocycles. The maximum atomic E-state index is 17.1. The lowest BCUT2D eigenvalue weighted by Crippen LogP contribution is -2.51. The number of nitrogens with zero attached hydrogens (tertiary/aromatic N) is 9. The van der Waals surface area contributed by atoms with Crippen molar-refractivity contribution in [1.82, 2.24) is 44.5 Å². The zero-order valence-corrected chi connectivity index (χ0v) is 43.2. The lowest BCUT2D eigenvalue weighted by atomic mass is 9.82. The maximum absolute atomic E-state index is 17.1. The van der Waals surface area contributed by atoms with E-state index in [1.807, 2.05) is 13.0 Å². The number of imide groups is 1. The number of aromatic nitrogens is 5. The number of aromatic hydroxyl groups is 1. The number of hydrogen-bond acceptors (Lipinski definition) is 13. The quantitative estimate of drug-likeness (QED) is 0.101. The smallest absolute Gasteiger partial charge is 0.329 e. The van der Waals surface area contributed by atoms with Crippen molar-refractivity contribution in [2.45, 2.75) is 102 Å². The molecule has 0 radical (unpaired) electrons. The van der Waals surface area contributed by atoms with Crippen molar-refractivity contribution >= 4 is 56.0 Å². The monoisotopic (exact) mass is 1030 g/mol. The van der Waals surface area contributed by atoms with Gasteiger partial charge in [0.05, 0.1) is 16.4 Å².